The highest BCUT2D eigenvalue weighted by Crippen LogP contribution is 2.24. The van der Waals surface area contributed by atoms with Crippen LogP contribution in [0.2, 0.25) is 0 Å². The Hall–Kier alpha value is -3.74. The van der Waals surface area contributed by atoms with Crippen molar-refractivity contribution in [2.75, 3.05) is 19.7 Å². The summed E-state index contributed by atoms with van der Waals surface area (Å²) in [5.74, 6) is -2.05. The predicted octanol–water partition coefficient (Wildman–Crippen LogP) is 2.37. The quantitative estimate of drug-likeness (QED) is 0.299. The molecule has 0 saturated heterocycles. The molecule has 154 valence electrons. The highest BCUT2D eigenvalue weighted by atomic mass is 16.5. The Morgan fingerprint density at radius 3 is 2.50 bits per heavy atom. The number of hydrogen-bond acceptors (Lipinski definition) is 5. The number of nitrogens with one attached hydrogen (secondary N) is 1. The molecule has 0 saturated carbocycles. The van der Waals surface area contributed by atoms with E-state index in [-0.39, 0.29) is 23.2 Å². The number of ether oxygens (including phenoxy) is 1. The second kappa shape index (κ2) is 9.65. The van der Waals surface area contributed by atoms with Crippen molar-refractivity contribution in [3.8, 4) is 0 Å². The van der Waals surface area contributed by atoms with Gasteiger partial charge in [-0.05, 0) is 36.6 Å². The monoisotopic (exact) mass is 406 g/mol. The number of fused-ring (bicyclic) bond motifs is 1. The van der Waals surface area contributed by atoms with Crippen molar-refractivity contribution >= 4 is 23.7 Å². The zero-order valence-corrected chi connectivity index (χ0v) is 16.4. The molecule has 0 spiro atoms. The molecule has 30 heavy (non-hydrogen) atoms. The van der Waals surface area contributed by atoms with Crippen molar-refractivity contribution < 1.29 is 23.9 Å². The second-order valence-corrected chi connectivity index (χ2v) is 6.79. The lowest BCUT2D eigenvalue weighted by atomic mass is 10.1. The molecule has 1 aliphatic heterocycles. The first-order valence-corrected chi connectivity index (χ1v) is 9.60. The summed E-state index contributed by atoms with van der Waals surface area (Å²) in [5.41, 5.74) is 1.66. The SMILES string of the molecule is C=CCN1C(=O)c2ccc(C(=O)OCC(=O)NCCCc3ccccc3)cc2C1=O. The first kappa shape index (κ1) is 21.0. The normalized spacial score (nSPS) is 12.5. The maximum Gasteiger partial charge on any atom is 0.338 e. The summed E-state index contributed by atoms with van der Waals surface area (Å²) in [6.45, 7) is 3.67. The Balaban J connectivity index is 1.47. The number of aryl methyl sites for hydroxylation is 1. The standard InChI is InChI=1S/C23H22N2O5/c1-2-13-25-21(27)18-11-10-17(14-19(18)22(25)28)23(29)30-15-20(26)24-12-6-9-16-7-4-3-5-8-16/h2-5,7-8,10-11,14H,1,6,9,12-13,15H2,(H,24,26). The fourth-order valence-corrected chi connectivity index (χ4v) is 3.14. The third-order valence-electron chi connectivity index (χ3n) is 4.66. The van der Waals surface area contributed by atoms with Crippen LogP contribution in [0.3, 0.4) is 0 Å². The lowest BCUT2D eigenvalue weighted by Gasteiger charge is -2.09. The zero-order valence-electron chi connectivity index (χ0n) is 16.4. The van der Waals surface area contributed by atoms with Gasteiger partial charge in [0.25, 0.3) is 17.7 Å². The van der Waals surface area contributed by atoms with Crippen molar-refractivity contribution in [2.24, 2.45) is 0 Å². The summed E-state index contributed by atoms with van der Waals surface area (Å²) in [7, 11) is 0. The van der Waals surface area contributed by atoms with Gasteiger partial charge in [-0.15, -0.1) is 6.58 Å². The summed E-state index contributed by atoms with van der Waals surface area (Å²) >= 11 is 0. The number of amides is 3. The Morgan fingerprint density at radius 2 is 1.77 bits per heavy atom. The van der Waals surface area contributed by atoms with Gasteiger partial charge in [0.05, 0.1) is 16.7 Å². The average Bonchev–Trinajstić information content (AvgIpc) is 3.00. The van der Waals surface area contributed by atoms with Gasteiger partial charge in [-0.3, -0.25) is 19.3 Å². The molecular formula is C23H22N2O5. The number of esters is 1. The minimum Gasteiger partial charge on any atom is -0.452 e. The molecule has 0 aliphatic carbocycles. The van der Waals surface area contributed by atoms with E-state index in [0.29, 0.717) is 6.54 Å². The van der Waals surface area contributed by atoms with Crippen LogP contribution in [0.4, 0.5) is 0 Å². The van der Waals surface area contributed by atoms with Gasteiger partial charge in [0.1, 0.15) is 0 Å². The van der Waals surface area contributed by atoms with Crippen LogP contribution >= 0.6 is 0 Å². The van der Waals surface area contributed by atoms with E-state index < -0.39 is 30.3 Å². The molecule has 2 aromatic carbocycles. The van der Waals surface area contributed by atoms with Gasteiger partial charge in [0.15, 0.2) is 6.61 Å². The van der Waals surface area contributed by atoms with Crippen molar-refractivity contribution in [3.63, 3.8) is 0 Å². The van der Waals surface area contributed by atoms with E-state index in [0.717, 1.165) is 17.7 Å². The molecule has 3 amide bonds. The Morgan fingerprint density at radius 1 is 1.03 bits per heavy atom. The molecule has 7 heteroatoms. The number of carbonyl (C=O) groups is 4. The molecule has 1 N–H and O–H groups in total. The molecule has 0 aromatic heterocycles. The summed E-state index contributed by atoms with van der Waals surface area (Å²) in [5, 5.41) is 2.70. The van der Waals surface area contributed by atoms with Crippen LogP contribution < -0.4 is 5.32 Å². The minimum atomic E-state index is -0.736. The van der Waals surface area contributed by atoms with E-state index in [1.165, 1.54) is 29.8 Å². The molecule has 3 rings (SSSR count). The second-order valence-electron chi connectivity index (χ2n) is 6.79. The van der Waals surface area contributed by atoms with E-state index >= 15 is 0 Å². The topological polar surface area (TPSA) is 92.8 Å². The van der Waals surface area contributed by atoms with E-state index in [4.69, 9.17) is 4.74 Å². The maximum atomic E-state index is 12.3. The predicted molar refractivity (Wildman–Crippen MR) is 110 cm³/mol. The fraction of sp³-hybridized carbons (Fsp3) is 0.217. The average molecular weight is 406 g/mol. The van der Waals surface area contributed by atoms with Gasteiger partial charge in [0, 0.05) is 13.1 Å². The number of nitrogens with zero attached hydrogens (tertiary/aromatic N) is 1. The lowest BCUT2D eigenvalue weighted by molar-refractivity contribution is -0.124. The molecule has 0 unspecified atom stereocenters. The molecule has 2 aromatic rings. The molecule has 7 nitrogen and oxygen atoms in total. The smallest absolute Gasteiger partial charge is 0.338 e. The molecule has 1 aliphatic rings. The number of carbonyl (C=O) groups excluding carboxylic acids is 4. The van der Waals surface area contributed by atoms with Gasteiger partial charge < -0.3 is 10.1 Å². The van der Waals surface area contributed by atoms with Crippen LogP contribution in [0, 0.1) is 0 Å². The summed E-state index contributed by atoms with van der Waals surface area (Å²) in [6, 6.07) is 14.1. The minimum absolute atomic E-state index is 0.0938. The Bertz CT molecular complexity index is 984. The zero-order chi connectivity index (χ0) is 21.5. The highest BCUT2D eigenvalue weighted by Gasteiger charge is 2.35. The molecule has 0 fully saturated rings. The molecule has 0 bridgehead atoms. The largest absolute Gasteiger partial charge is 0.452 e. The fourth-order valence-electron chi connectivity index (χ4n) is 3.14. The van der Waals surface area contributed by atoms with Crippen LogP contribution in [0.5, 0.6) is 0 Å². The van der Waals surface area contributed by atoms with Gasteiger partial charge in [-0.2, -0.15) is 0 Å². The number of hydrogen-bond donors (Lipinski definition) is 1. The van der Waals surface area contributed by atoms with Crippen LogP contribution in [0.25, 0.3) is 0 Å². The first-order chi connectivity index (χ1) is 14.5. The maximum absolute atomic E-state index is 12.3. The van der Waals surface area contributed by atoms with Crippen LogP contribution in [-0.2, 0) is 16.0 Å². The number of imide groups is 1. The molecular weight excluding hydrogens is 384 g/mol. The number of rotatable bonds is 9. The lowest BCUT2D eigenvalue weighted by Crippen LogP contribution is -2.30. The Kier molecular flexibility index (Phi) is 6.75. The van der Waals surface area contributed by atoms with Crippen molar-refractivity contribution in [3.05, 3.63) is 83.4 Å². The van der Waals surface area contributed by atoms with Crippen molar-refractivity contribution in [1.82, 2.24) is 10.2 Å². The van der Waals surface area contributed by atoms with Crippen molar-refractivity contribution in [2.45, 2.75) is 12.8 Å². The summed E-state index contributed by atoms with van der Waals surface area (Å²) in [4.78, 5) is 49.7. The van der Waals surface area contributed by atoms with E-state index in [1.54, 1.807) is 0 Å². The van der Waals surface area contributed by atoms with Gasteiger partial charge in [-0.25, -0.2) is 4.79 Å². The van der Waals surface area contributed by atoms with Crippen LogP contribution in [0.15, 0.2) is 61.2 Å². The van der Waals surface area contributed by atoms with Gasteiger partial charge >= 0.3 is 5.97 Å². The van der Waals surface area contributed by atoms with Gasteiger partial charge in [0.2, 0.25) is 0 Å². The third-order valence-corrected chi connectivity index (χ3v) is 4.66. The highest BCUT2D eigenvalue weighted by molar-refractivity contribution is 6.22. The Labute approximate surface area is 174 Å². The van der Waals surface area contributed by atoms with Gasteiger partial charge in [-0.1, -0.05) is 36.4 Å². The number of benzene rings is 2. The first-order valence-electron chi connectivity index (χ1n) is 9.60. The van der Waals surface area contributed by atoms with E-state index in [2.05, 4.69) is 11.9 Å². The summed E-state index contributed by atoms with van der Waals surface area (Å²) in [6.07, 6.45) is 3.06. The van der Waals surface area contributed by atoms with Crippen molar-refractivity contribution in [1.29, 1.82) is 0 Å². The molecule has 0 radical (unpaired) electrons. The van der Waals surface area contributed by atoms with Crippen LogP contribution in [-0.4, -0.2) is 48.3 Å². The van der Waals surface area contributed by atoms with Crippen LogP contribution in [0.1, 0.15) is 43.1 Å². The van der Waals surface area contributed by atoms with E-state index in [9.17, 15) is 19.2 Å². The van der Waals surface area contributed by atoms with E-state index in [1.807, 2.05) is 30.3 Å². The summed E-state index contributed by atoms with van der Waals surface area (Å²) < 4.78 is 5.02. The molecule has 1 heterocycles. The molecule has 0 atom stereocenters. The third kappa shape index (κ3) is 4.81.